The summed E-state index contributed by atoms with van der Waals surface area (Å²) in [5.41, 5.74) is -0.541. The Kier molecular flexibility index (Phi) is 5.39. The van der Waals surface area contributed by atoms with E-state index < -0.39 is 23.1 Å². The highest BCUT2D eigenvalue weighted by Gasteiger charge is 2.19. The summed E-state index contributed by atoms with van der Waals surface area (Å²) < 4.78 is 27.2. The first-order chi connectivity index (χ1) is 7.95. The van der Waals surface area contributed by atoms with Crippen LogP contribution in [0.5, 0.6) is 0 Å². The summed E-state index contributed by atoms with van der Waals surface area (Å²) in [5.74, 6) is -1.78. The average molecular weight is 324 g/mol. The van der Waals surface area contributed by atoms with Crippen LogP contribution in [0.4, 0.5) is 8.78 Å². The van der Waals surface area contributed by atoms with Gasteiger partial charge in [0, 0.05) is 16.3 Å². The molecule has 1 atom stereocenters. The van der Waals surface area contributed by atoms with Gasteiger partial charge in [-0.05, 0) is 25.3 Å². The molecule has 17 heavy (non-hydrogen) atoms. The Hall–Kier alpha value is -0.620. The van der Waals surface area contributed by atoms with Crippen LogP contribution >= 0.6 is 27.7 Å². The third kappa shape index (κ3) is 3.96. The smallest absolute Gasteiger partial charge is 0.257 e. The molecule has 1 rings (SSSR count). The quantitative estimate of drug-likeness (QED) is 0.921. The first kappa shape index (κ1) is 14.4. The molecule has 0 spiro atoms. The maximum Gasteiger partial charge on any atom is 0.257 e. The summed E-state index contributed by atoms with van der Waals surface area (Å²) in [5, 5.41) is 2.54. The van der Waals surface area contributed by atoms with Gasteiger partial charge >= 0.3 is 0 Å². The molecule has 6 heteroatoms. The molecule has 0 saturated heterocycles. The van der Waals surface area contributed by atoms with Crippen LogP contribution in [0.2, 0.25) is 0 Å². The summed E-state index contributed by atoms with van der Waals surface area (Å²) in [6.07, 6.45) is 1.89. The fraction of sp³-hybridized carbons (Fsp3) is 0.364. The Balaban J connectivity index is 2.89. The number of amides is 1. The third-order valence-electron chi connectivity index (χ3n) is 2.03. The highest BCUT2D eigenvalue weighted by atomic mass is 79.9. The van der Waals surface area contributed by atoms with Gasteiger partial charge in [0.1, 0.15) is 17.2 Å². The number of carbonyl (C=O) groups is 1. The van der Waals surface area contributed by atoms with E-state index in [1.165, 1.54) is 0 Å². The maximum atomic E-state index is 13.5. The molecule has 0 aliphatic heterocycles. The monoisotopic (exact) mass is 323 g/mol. The number of halogens is 3. The van der Waals surface area contributed by atoms with Gasteiger partial charge in [-0.2, -0.15) is 11.8 Å². The number of rotatable bonds is 4. The van der Waals surface area contributed by atoms with E-state index in [-0.39, 0.29) is 10.5 Å². The van der Waals surface area contributed by atoms with Crippen LogP contribution < -0.4 is 5.32 Å². The lowest BCUT2D eigenvalue weighted by molar-refractivity contribution is 0.0935. The predicted octanol–water partition coefficient (Wildman–Crippen LogP) is 3.21. The van der Waals surface area contributed by atoms with Crippen LogP contribution in [0, 0.1) is 11.6 Å². The molecule has 0 radical (unpaired) electrons. The molecule has 2 nitrogen and oxygen atoms in total. The molecule has 1 N–H and O–H groups in total. The number of hydrogen-bond acceptors (Lipinski definition) is 2. The van der Waals surface area contributed by atoms with Crippen molar-refractivity contribution in [2.75, 3.05) is 12.0 Å². The first-order valence-corrected chi connectivity index (χ1v) is 7.08. The minimum absolute atomic E-state index is 0.139. The van der Waals surface area contributed by atoms with Crippen molar-refractivity contribution in [3.05, 3.63) is 33.8 Å². The summed E-state index contributed by atoms with van der Waals surface area (Å²) in [4.78, 5) is 11.7. The average Bonchev–Trinajstić information content (AvgIpc) is 2.15. The lowest BCUT2D eigenvalue weighted by atomic mass is 10.1. The number of thioether (sulfide) groups is 1. The van der Waals surface area contributed by atoms with Crippen LogP contribution in [0.1, 0.15) is 17.3 Å². The molecule has 94 valence electrons. The van der Waals surface area contributed by atoms with Crippen molar-refractivity contribution < 1.29 is 13.6 Å². The van der Waals surface area contributed by atoms with Crippen molar-refractivity contribution in [1.82, 2.24) is 5.32 Å². The largest absolute Gasteiger partial charge is 0.349 e. The molecule has 0 fully saturated rings. The van der Waals surface area contributed by atoms with Crippen LogP contribution in [0.3, 0.4) is 0 Å². The second-order valence-corrected chi connectivity index (χ2v) is 5.40. The van der Waals surface area contributed by atoms with Gasteiger partial charge in [0.15, 0.2) is 0 Å². The molecule has 0 saturated carbocycles. The van der Waals surface area contributed by atoms with Crippen LogP contribution in [0.15, 0.2) is 16.6 Å². The second kappa shape index (κ2) is 6.35. The van der Waals surface area contributed by atoms with Crippen LogP contribution in [-0.2, 0) is 0 Å². The molecule has 0 heterocycles. The zero-order valence-electron chi connectivity index (χ0n) is 9.39. The fourth-order valence-electron chi connectivity index (χ4n) is 1.35. The molecule has 1 unspecified atom stereocenters. The molecule has 0 aliphatic carbocycles. The normalized spacial score (nSPS) is 12.3. The number of hydrogen-bond donors (Lipinski definition) is 1. The zero-order chi connectivity index (χ0) is 13.0. The Bertz CT molecular complexity index is 405. The molecule has 1 aromatic rings. The SMILES string of the molecule is CSCC(C)NC(=O)c1c(F)cc(Br)cc1F. The number of nitrogens with one attached hydrogen (secondary N) is 1. The van der Waals surface area contributed by atoms with Gasteiger partial charge in [-0.25, -0.2) is 8.78 Å². The molecule has 1 amide bonds. The van der Waals surface area contributed by atoms with E-state index in [1.807, 2.05) is 6.26 Å². The molecule has 0 aromatic heterocycles. The van der Waals surface area contributed by atoms with Gasteiger partial charge in [0.25, 0.3) is 5.91 Å². The highest BCUT2D eigenvalue weighted by molar-refractivity contribution is 9.10. The summed E-state index contributed by atoms with van der Waals surface area (Å²) in [6, 6.07) is 1.99. The second-order valence-electron chi connectivity index (χ2n) is 3.57. The lowest BCUT2D eigenvalue weighted by Crippen LogP contribution is -2.35. The molecular formula is C11H12BrF2NOS. The third-order valence-corrected chi connectivity index (χ3v) is 3.32. The Morgan fingerprint density at radius 1 is 1.47 bits per heavy atom. The van der Waals surface area contributed by atoms with Gasteiger partial charge in [-0.1, -0.05) is 15.9 Å². The zero-order valence-corrected chi connectivity index (χ0v) is 11.8. The van der Waals surface area contributed by atoms with E-state index >= 15 is 0 Å². The molecule has 1 aromatic carbocycles. The lowest BCUT2D eigenvalue weighted by Gasteiger charge is -2.13. The van der Waals surface area contributed by atoms with Crippen molar-refractivity contribution in [2.24, 2.45) is 0 Å². The Morgan fingerprint density at radius 3 is 2.47 bits per heavy atom. The van der Waals surface area contributed by atoms with Gasteiger partial charge in [0.2, 0.25) is 0 Å². The highest BCUT2D eigenvalue weighted by Crippen LogP contribution is 2.19. The minimum Gasteiger partial charge on any atom is -0.349 e. The molecule has 0 aliphatic rings. The summed E-state index contributed by atoms with van der Waals surface area (Å²) >= 11 is 4.50. The van der Waals surface area contributed by atoms with Crippen molar-refractivity contribution >= 4 is 33.6 Å². The van der Waals surface area contributed by atoms with Crippen LogP contribution in [-0.4, -0.2) is 24.0 Å². The van der Waals surface area contributed by atoms with E-state index in [2.05, 4.69) is 21.2 Å². The van der Waals surface area contributed by atoms with Crippen molar-refractivity contribution in [1.29, 1.82) is 0 Å². The van der Waals surface area contributed by atoms with Crippen molar-refractivity contribution in [2.45, 2.75) is 13.0 Å². The van der Waals surface area contributed by atoms with Crippen LogP contribution in [0.25, 0.3) is 0 Å². The fourth-order valence-corrected chi connectivity index (χ4v) is 2.33. The van der Waals surface area contributed by atoms with E-state index in [1.54, 1.807) is 18.7 Å². The van der Waals surface area contributed by atoms with E-state index in [0.717, 1.165) is 12.1 Å². The van der Waals surface area contributed by atoms with Crippen molar-refractivity contribution in [3.8, 4) is 0 Å². The standard InChI is InChI=1S/C11H12BrF2NOS/c1-6(5-17-2)15-11(16)10-8(13)3-7(12)4-9(10)14/h3-4,6H,5H2,1-2H3,(H,15,16). The Labute approximate surface area is 111 Å². The maximum absolute atomic E-state index is 13.5. The number of benzene rings is 1. The van der Waals surface area contributed by atoms with Gasteiger partial charge < -0.3 is 5.32 Å². The van der Waals surface area contributed by atoms with Gasteiger partial charge in [0.05, 0.1) is 0 Å². The summed E-state index contributed by atoms with van der Waals surface area (Å²) in [7, 11) is 0. The van der Waals surface area contributed by atoms with E-state index in [9.17, 15) is 13.6 Å². The topological polar surface area (TPSA) is 29.1 Å². The van der Waals surface area contributed by atoms with Gasteiger partial charge in [-0.3, -0.25) is 4.79 Å². The van der Waals surface area contributed by atoms with E-state index in [4.69, 9.17) is 0 Å². The predicted molar refractivity (Wildman–Crippen MR) is 69.4 cm³/mol. The van der Waals surface area contributed by atoms with Gasteiger partial charge in [-0.15, -0.1) is 0 Å². The molecule has 0 bridgehead atoms. The summed E-state index contributed by atoms with van der Waals surface area (Å²) in [6.45, 7) is 1.78. The Morgan fingerprint density at radius 2 is 2.00 bits per heavy atom. The van der Waals surface area contributed by atoms with Crippen molar-refractivity contribution in [3.63, 3.8) is 0 Å². The minimum atomic E-state index is -0.870. The molecular weight excluding hydrogens is 312 g/mol. The van der Waals surface area contributed by atoms with E-state index in [0.29, 0.717) is 5.75 Å². The first-order valence-electron chi connectivity index (χ1n) is 4.90. The number of carbonyl (C=O) groups excluding carboxylic acids is 1.